The van der Waals surface area contributed by atoms with E-state index in [1.54, 1.807) is 48.8 Å². The summed E-state index contributed by atoms with van der Waals surface area (Å²) in [4.78, 5) is 17.0. The standard InChI is InChI=1S/C22H18FN3O2/c1-14-12-17(4-7-21(14)27)19-13-20(15-2-5-18(23)6-3-15)26(25-19)22(28)16-8-10-24-11-9-16/h2-12,20,27H,13H2,1H3. The number of nitrogens with zero attached hydrogens (tertiary/aromatic N) is 3. The van der Waals surface area contributed by atoms with Gasteiger partial charge in [0.25, 0.3) is 5.91 Å². The zero-order valence-corrected chi connectivity index (χ0v) is 15.2. The molecule has 1 amide bonds. The summed E-state index contributed by atoms with van der Waals surface area (Å²) >= 11 is 0. The first kappa shape index (κ1) is 17.9. The van der Waals surface area contributed by atoms with Crippen molar-refractivity contribution < 1.29 is 14.3 Å². The van der Waals surface area contributed by atoms with Crippen LogP contribution < -0.4 is 0 Å². The quantitative estimate of drug-likeness (QED) is 0.745. The van der Waals surface area contributed by atoms with Crippen molar-refractivity contribution in [2.75, 3.05) is 0 Å². The Hall–Kier alpha value is -3.54. The molecule has 28 heavy (non-hydrogen) atoms. The van der Waals surface area contributed by atoms with Crippen LogP contribution in [-0.2, 0) is 0 Å². The topological polar surface area (TPSA) is 65.8 Å². The maximum absolute atomic E-state index is 13.4. The summed E-state index contributed by atoms with van der Waals surface area (Å²) in [7, 11) is 0. The fourth-order valence-electron chi connectivity index (χ4n) is 3.28. The first-order valence-electron chi connectivity index (χ1n) is 8.89. The molecule has 6 heteroatoms. The molecule has 0 saturated carbocycles. The first-order chi connectivity index (χ1) is 13.5. The lowest BCUT2D eigenvalue weighted by Gasteiger charge is -2.22. The molecular weight excluding hydrogens is 357 g/mol. The van der Waals surface area contributed by atoms with Gasteiger partial charge in [-0.2, -0.15) is 5.10 Å². The highest BCUT2D eigenvalue weighted by atomic mass is 19.1. The highest BCUT2D eigenvalue weighted by molar-refractivity contribution is 6.05. The molecule has 4 rings (SSSR count). The van der Waals surface area contributed by atoms with Gasteiger partial charge in [0.05, 0.1) is 11.8 Å². The van der Waals surface area contributed by atoms with Crippen molar-refractivity contribution in [3.63, 3.8) is 0 Å². The van der Waals surface area contributed by atoms with Crippen LogP contribution >= 0.6 is 0 Å². The number of aromatic nitrogens is 1. The zero-order chi connectivity index (χ0) is 19.7. The molecule has 0 spiro atoms. The van der Waals surface area contributed by atoms with Crippen molar-refractivity contribution in [2.45, 2.75) is 19.4 Å². The predicted molar refractivity (Wildman–Crippen MR) is 104 cm³/mol. The van der Waals surface area contributed by atoms with Crippen LogP contribution in [0.1, 0.15) is 39.5 Å². The third kappa shape index (κ3) is 3.36. The zero-order valence-electron chi connectivity index (χ0n) is 15.2. The summed E-state index contributed by atoms with van der Waals surface area (Å²) in [6, 6.07) is 14.3. The van der Waals surface area contributed by atoms with E-state index in [9.17, 15) is 14.3 Å². The fraction of sp³-hybridized carbons (Fsp3) is 0.136. The van der Waals surface area contributed by atoms with E-state index in [2.05, 4.69) is 10.1 Å². The maximum Gasteiger partial charge on any atom is 0.274 e. The second kappa shape index (κ2) is 7.23. The SMILES string of the molecule is Cc1cc(C2=NN(C(=O)c3ccncc3)C(c3ccc(F)cc3)C2)ccc1O. The number of carbonyl (C=O) groups excluding carboxylic acids is 1. The molecule has 140 valence electrons. The number of carbonyl (C=O) groups is 1. The van der Waals surface area contributed by atoms with Crippen LogP contribution in [-0.4, -0.2) is 26.7 Å². The Labute approximate surface area is 161 Å². The molecule has 3 aromatic rings. The lowest BCUT2D eigenvalue weighted by atomic mass is 9.97. The fourth-order valence-corrected chi connectivity index (χ4v) is 3.28. The lowest BCUT2D eigenvalue weighted by molar-refractivity contribution is 0.0711. The van der Waals surface area contributed by atoms with Gasteiger partial charge in [-0.15, -0.1) is 0 Å². The van der Waals surface area contributed by atoms with Gasteiger partial charge >= 0.3 is 0 Å². The van der Waals surface area contributed by atoms with Gasteiger partial charge in [-0.25, -0.2) is 9.40 Å². The summed E-state index contributed by atoms with van der Waals surface area (Å²) in [6.45, 7) is 1.81. The highest BCUT2D eigenvalue weighted by Gasteiger charge is 2.33. The molecule has 0 fully saturated rings. The number of aromatic hydroxyl groups is 1. The average molecular weight is 375 g/mol. The van der Waals surface area contributed by atoms with E-state index in [4.69, 9.17) is 0 Å². The molecule has 0 bridgehead atoms. The van der Waals surface area contributed by atoms with Crippen LogP contribution in [0.3, 0.4) is 0 Å². The van der Waals surface area contributed by atoms with Gasteiger partial charge in [-0.3, -0.25) is 9.78 Å². The number of phenolic OH excluding ortho intramolecular Hbond substituents is 1. The Morgan fingerprint density at radius 3 is 2.50 bits per heavy atom. The second-order valence-electron chi connectivity index (χ2n) is 6.71. The molecule has 2 heterocycles. The number of hydrogen-bond donors (Lipinski definition) is 1. The molecule has 0 aliphatic carbocycles. The van der Waals surface area contributed by atoms with Crippen LogP contribution in [0.2, 0.25) is 0 Å². The molecule has 0 radical (unpaired) electrons. The number of halogens is 1. The van der Waals surface area contributed by atoms with Crippen molar-refractivity contribution in [1.82, 2.24) is 9.99 Å². The number of hydrazone groups is 1. The minimum Gasteiger partial charge on any atom is -0.508 e. The summed E-state index contributed by atoms with van der Waals surface area (Å²) in [5.74, 6) is -0.367. The van der Waals surface area contributed by atoms with E-state index in [0.29, 0.717) is 12.0 Å². The molecule has 1 aliphatic rings. The molecule has 0 saturated heterocycles. The molecule has 2 aromatic carbocycles. The summed E-state index contributed by atoms with van der Waals surface area (Å²) in [6.07, 6.45) is 3.61. The third-order valence-electron chi connectivity index (χ3n) is 4.83. The number of rotatable bonds is 3. The largest absolute Gasteiger partial charge is 0.508 e. The van der Waals surface area contributed by atoms with Crippen LogP contribution in [0, 0.1) is 12.7 Å². The Bertz CT molecular complexity index is 1050. The Balaban J connectivity index is 1.74. The second-order valence-corrected chi connectivity index (χ2v) is 6.71. The maximum atomic E-state index is 13.4. The predicted octanol–water partition coefficient (Wildman–Crippen LogP) is 4.23. The van der Waals surface area contributed by atoms with E-state index < -0.39 is 0 Å². The van der Waals surface area contributed by atoms with E-state index >= 15 is 0 Å². The third-order valence-corrected chi connectivity index (χ3v) is 4.83. The van der Waals surface area contributed by atoms with Crippen molar-refractivity contribution in [3.05, 3.63) is 95.1 Å². The highest BCUT2D eigenvalue weighted by Crippen LogP contribution is 2.34. The normalized spacial score (nSPS) is 16.1. The minimum absolute atomic E-state index is 0.210. The summed E-state index contributed by atoms with van der Waals surface area (Å²) in [5, 5.41) is 15.8. The molecule has 1 unspecified atom stereocenters. The Kier molecular flexibility index (Phi) is 4.61. The van der Waals surface area contributed by atoms with Crippen molar-refractivity contribution >= 4 is 11.6 Å². The number of phenols is 1. The number of aryl methyl sites for hydroxylation is 1. The Morgan fingerprint density at radius 2 is 1.82 bits per heavy atom. The molecule has 1 N–H and O–H groups in total. The summed E-state index contributed by atoms with van der Waals surface area (Å²) < 4.78 is 13.4. The van der Waals surface area contributed by atoms with E-state index in [-0.39, 0.29) is 23.5 Å². The summed E-state index contributed by atoms with van der Waals surface area (Å²) in [5.41, 5.74) is 3.59. The van der Waals surface area contributed by atoms with E-state index in [1.165, 1.54) is 17.1 Å². The Morgan fingerprint density at radius 1 is 1.11 bits per heavy atom. The molecular formula is C22H18FN3O2. The molecule has 1 aliphatic heterocycles. The molecule has 5 nitrogen and oxygen atoms in total. The van der Waals surface area contributed by atoms with Crippen LogP contribution in [0.5, 0.6) is 5.75 Å². The number of benzene rings is 2. The number of amides is 1. The number of hydrogen-bond acceptors (Lipinski definition) is 4. The van der Waals surface area contributed by atoms with E-state index in [1.807, 2.05) is 13.0 Å². The molecule has 1 aromatic heterocycles. The van der Waals surface area contributed by atoms with Gasteiger partial charge < -0.3 is 5.11 Å². The van der Waals surface area contributed by atoms with Crippen LogP contribution in [0.4, 0.5) is 4.39 Å². The minimum atomic E-state index is -0.342. The van der Waals surface area contributed by atoms with Crippen molar-refractivity contribution in [2.24, 2.45) is 5.10 Å². The van der Waals surface area contributed by atoms with Gasteiger partial charge in [-0.05, 0) is 66.1 Å². The van der Waals surface area contributed by atoms with Crippen LogP contribution in [0.15, 0.2) is 72.1 Å². The van der Waals surface area contributed by atoms with Crippen LogP contribution in [0.25, 0.3) is 0 Å². The van der Waals surface area contributed by atoms with Gasteiger partial charge in [-0.1, -0.05) is 12.1 Å². The van der Waals surface area contributed by atoms with E-state index in [0.717, 1.165) is 22.4 Å². The van der Waals surface area contributed by atoms with Crippen molar-refractivity contribution in [3.8, 4) is 5.75 Å². The monoisotopic (exact) mass is 375 g/mol. The molecule has 1 atom stereocenters. The van der Waals surface area contributed by atoms with Gasteiger partial charge in [0, 0.05) is 24.4 Å². The first-order valence-corrected chi connectivity index (χ1v) is 8.89. The number of pyridine rings is 1. The lowest BCUT2D eigenvalue weighted by Crippen LogP contribution is -2.27. The van der Waals surface area contributed by atoms with Gasteiger partial charge in [0.1, 0.15) is 11.6 Å². The smallest absolute Gasteiger partial charge is 0.274 e. The van der Waals surface area contributed by atoms with Crippen molar-refractivity contribution in [1.29, 1.82) is 0 Å². The average Bonchev–Trinajstić information content (AvgIpc) is 3.16. The van der Waals surface area contributed by atoms with Gasteiger partial charge in [0.15, 0.2) is 0 Å². The van der Waals surface area contributed by atoms with Gasteiger partial charge in [0.2, 0.25) is 0 Å².